The van der Waals surface area contributed by atoms with Gasteiger partial charge in [0.15, 0.2) is 0 Å². The van der Waals surface area contributed by atoms with Crippen LogP contribution < -0.4 is 16.0 Å². The molecule has 1 aromatic heterocycles. The lowest BCUT2D eigenvalue weighted by Gasteiger charge is -2.19. The molecule has 2 aromatic carbocycles. The van der Waals surface area contributed by atoms with Crippen molar-refractivity contribution in [3.05, 3.63) is 101 Å². The molecule has 4 N–H and O–H groups in total. The van der Waals surface area contributed by atoms with Gasteiger partial charge < -0.3 is 21.4 Å². The Labute approximate surface area is 193 Å². The van der Waals surface area contributed by atoms with Gasteiger partial charge in [-0.3, -0.25) is 4.79 Å². The number of rotatable bonds is 10. The van der Waals surface area contributed by atoms with E-state index in [2.05, 4.69) is 27.0 Å². The van der Waals surface area contributed by atoms with E-state index in [1.807, 2.05) is 42.5 Å². The van der Waals surface area contributed by atoms with E-state index in [4.69, 9.17) is 10.7 Å². The first kappa shape index (κ1) is 23.4. The van der Waals surface area contributed by atoms with E-state index in [1.54, 1.807) is 43.6 Å². The lowest BCUT2D eigenvalue weighted by Crippen LogP contribution is -2.34. The van der Waals surface area contributed by atoms with E-state index in [-0.39, 0.29) is 5.91 Å². The molecule has 0 aliphatic heterocycles. The van der Waals surface area contributed by atoms with Crippen LogP contribution >= 0.6 is 0 Å². The summed E-state index contributed by atoms with van der Waals surface area (Å²) in [6.07, 6.45) is 3.61. The molecule has 0 saturated carbocycles. The number of nitrogens with zero attached hydrogens (tertiary/aromatic N) is 2. The van der Waals surface area contributed by atoms with Gasteiger partial charge in [-0.1, -0.05) is 48.5 Å². The second-order valence-electron chi connectivity index (χ2n) is 7.29. The summed E-state index contributed by atoms with van der Waals surface area (Å²) in [7, 11) is 1.75. The van der Waals surface area contributed by atoms with Gasteiger partial charge in [0.2, 0.25) is 5.91 Å². The second kappa shape index (κ2) is 11.9. The number of carbonyl (C=O) groups excluding carboxylic acids is 1. The number of aromatic nitrogens is 1. The van der Waals surface area contributed by atoms with Crippen molar-refractivity contribution in [3.8, 4) is 6.07 Å². The highest BCUT2D eigenvalue weighted by molar-refractivity contribution is 6.07. The SMILES string of the molecule is CN/C=C(\C=N)c1cccc(NC(=O)C(NCCc2ccc(C#N)cc2)c2ccccc2)n1. The van der Waals surface area contributed by atoms with Crippen molar-refractivity contribution >= 4 is 23.5 Å². The molecule has 0 fully saturated rings. The molecule has 1 amide bonds. The van der Waals surface area contributed by atoms with Gasteiger partial charge in [0, 0.05) is 31.6 Å². The van der Waals surface area contributed by atoms with Crippen LogP contribution in [-0.4, -0.2) is 30.7 Å². The normalized spacial score (nSPS) is 11.8. The van der Waals surface area contributed by atoms with Gasteiger partial charge in [0.1, 0.15) is 11.9 Å². The Balaban J connectivity index is 1.73. The summed E-state index contributed by atoms with van der Waals surface area (Å²) < 4.78 is 0. The highest BCUT2D eigenvalue weighted by Gasteiger charge is 2.20. The summed E-state index contributed by atoms with van der Waals surface area (Å²) >= 11 is 0. The van der Waals surface area contributed by atoms with Gasteiger partial charge >= 0.3 is 0 Å². The fourth-order valence-corrected chi connectivity index (χ4v) is 3.32. The number of allylic oxidation sites excluding steroid dienone is 1. The number of hydrogen-bond acceptors (Lipinski definition) is 6. The summed E-state index contributed by atoms with van der Waals surface area (Å²) in [5.41, 5.74) is 3.74. The van der Waals surface area contributed by atoms with Gasteiger partial charge in [-0.05, 0) is 41.8 Å². The van der Waals surface area contributed by atoms with Gasteiger partial charge in [-0.25, -0.2) is 4.98 Å². The number of nitriles is 1. The van der Waals surface area contributed by atoms with Crippen LogP contribution in [0.3, 0.4) is 0 Å². The van der Waals surface area contributed by atoms with Crippen LogP contribution in [0.1, 0.15) is 28.4 Å². The molecular weight excluding hydrogens is 412 g/mol. The van der Waals surface area contributed by atoms with Crippen LogP contribution in [-0.2, 0) is 11.2 Å². The van der Waals surface area contributed by atoms with E-state index in [0.29, 0.717) is 35.6 Å². The summed E-state index contributed by atoms with van der Waals surface area (Å²) in [6.45, 7) is 0.579. The molecule has 33 heavy (non-hydrogen) atoms. The molecule has 3 aromatic rings. The molecule has 1 atom stereocenters. The Morgan fingerprint density at radius 2 is 1.85 bits per heavy atom. The third-order valence-corrected chi connectivity index (χ3v) is 4.99. The standard InChI is InChI=1S/C26H26N6O/c1-29-18-22(17-28)23-8-5-9-24(31-23)32-26(33)25(21-6-3-2-4-7-21)30-15-14-19-10-12-20(16-27)13-11-19/h2-13,17-18,25,28-30H,14-15H2,1H3,(H,31,32,33)/b22-18+,28-17?. The maximum Gasteiger partial charge on any atom is 0.247 e. The molecular formula is C26H26N6O. The Bertz CT molecular complexity index is 1150. The average molecular weight is 439 g/mol. The summed E-state index contributed by atoms with van der Waals surface area (Å²) in [4.78, 5) is 17.7. The summed E-state index contributed by atoms with van der Waals surface area (Å²) in [5, 5.41) is 25.6. The topological polar surface area (TPSA) is 114 Å². The van der Waals surface area contributed by atoms with Crippen LogP contribution in [0.25, 0.3) is 5.57 Å². The van der Waals surface area contributed by atoms with Gasteiger partial charge in [0.05, 0.1) is 17.3 Å². The number of nitrogens with one attached hydrogen (secondary N) is 4. The predicted molar refractivity (Wildman–Crippen MR) is 131 cm³/mol. The summed E-state index contributed by atoms with van der Waals surface area (Å²) in [5.74, 6) is 0.191. The molecule has 7 nitrogen and oxygen atoms in total. The Morgan fingerprint density at radius 1 is 1.09 bits per heavy atom. The maximum absolute atomic E-state index is 13.2. The number of amides is 1. The quantitative estimate of drug-likeness (QED) is 0.361. The van der Waals surface area contributed by atoms with Crippen LogP contribution in [0.2, 0.25) is 0 Å². The third-order valence-electron chi connectivity index (χ3n) is 4.99. The molecule has 3 rings (SSSR count). The highest BCUT2D eigenvalue weighted by atomic mass is 16.2. The van der Waals surface area contributed by atoms with Crippen molar-refractivity contribution in [2.75, 3.05) is 18.9 Å². The largest absolute Gasteiger partial charge is 0.393 e. The monoisotopic (exact) mass is 438 g/mol. The van der Waals surface area contributed by atoms with Gasteiger partial charge in [0.25, 0.3) is 0 Å². The molecule has 1 unspecified atom stereocenters. The molecule has 7 heteroatoms. The third kappa shape index (κ3) is 6.60. The Kier molecular flexibility index (Phi) is 8.46. The Hall–Kier alpha value is -4.28. The minimum absolute atomic E-state index is 0.223. The lowest BCUT2D eigenvalue weighted by molar-refractivity contribution is -0.118. The zero-order chi connectivity index (χ0) is 23.5. The van der Waals surface area contributed by atoms with Crippen LogP contribution in [0.15, 0.2) is 79.0 Å². The van der Waals surface area contributed by atoms with Crippen molar-refractivity contribution in [2.45, 2.75) is 12.5 Å². The molecule has 0 saturated heterocycles. The van der Waals surface area contributed by atoms with Crippen LogP contribution in [0.4, 0.5) is 5.82 Å². The van der Waals surface area contributed by atoms with Crippen molar-refractivity contribution in [1.82, 2.24) is 15.6 Å². The molecule has 0 bridgehead atoms. The predicted octanol–water partition coefficient (Wildman–Crippen LogP) is 3.68. The zero-order valence-electron chi connectivity index (χ0n) is 18.4. The number of pyridine rings is 1. The zero-order valence-corrected chi connectivity index (χ0v) is 18.4. The second-order valence-corrected chi connectivity index (χ2v) is 7.29. The molecule has 1 heterocycles. The van der Waals surface area contributed by atoms with E-state index in [0.717, 1.165) is 11.1 Å². The maximum atomic E-state index is 13.2. The van der Waals surface area contributed by atoms with E-state index < -0.39 is 6.04 Å². The molecule has 0 aliphatic carbocycles. The first-order valence-corrected chi connectivity index (χ1v) is 10.6. The minimum atomic E-state index is -0.565. The molecule has 0 aliphatic rings. The van der Waals surface area contributed by atoms with Crippen molar-refractivity contribution in [1.29, 1.82) is 10.7 Å². The van der Waals surface area contributed by atoms with E-state index in [9.17, 15) is 4.79 Å². The lowest BCUT2D eigenvalue weighted by atomic mass is 10.0. The van der Waals surface area contributed by atoms with Crippen LogP contribution in [0.5, 0.6) is 0 Å². The first-order valence-electron chi connectivity index (χ1n) is 10.6. The summed E-state index contributed by atoms with van der Waals surface area (Å²) in [6, 6.07) is 23.8. The number of hydrogen-bond donors (Lipinski definition) is 4. The van der Waals surface area contributed by atoms with Crippen molar-refractivity contribution in [2.24, 2.45) is 0 Å². The highest BCUT2D eigenvalue weighted by Crippen LogP contribution is 2.17. The van der Waals surface area contributed by atoms with E-state index >= 15 is 0 Å². The smallest absolute Gasteiger partial charge is 0.247 e. The number of anilines is 1. The molecule has 0 spiro atoms. The molecule has 166 valence electrons. The van der Waals surface area contributed by atoms with Gasteiger partial charge in [-0.15, -0.1) is 0 Å². The Morgan fingerprint density at radius 3 is 2.52 bits per heavy atom. The van der Waals surface area contributed by atoms with E-state index in [1.165, 1.54) is 6.21 Å². The van der Waals surface area contributed by atoms with Crippen molar-refractivity contribution < 1.29 is 4.79 Å². The number of benzene rings is 2. The number of carbonyl (C=O) groups is 1. The minimum Gasteiger partial charge on any atom is -0.393 e. The van der Waals surface area contributed by atoms with Crippen LogP contribution in [0, 0.1) is 16.7 Å². The molecule has 0 radical (unpaired) electrons. The average Bonchev–Trinajstić information content (AvgIpc) is 2.86. The fraction of sp³-hybridized carbons (Fsp3) is 0.154. The fourth-order valence-electron chi connectivity index (χ4n) is 3.32. The van der Waals surface area contributed by atoms with Gasteiger partial charge in [-0.2, -0.15) is 5.26 Å². The van der Waals surface area contributed by atoms with Crippen molar-refractivity contribution in [3.63, 3.8) is 0 Å². The first-order chi connectivity index (χ1) is 16.1.